The van der Waals surface area contributed by atoms with E-state index in [-0.39, 0.29) is 5.78 Å². The molecule has 3 heteroatoms. The van der Waals surface area contributed by atoms with E-state index in [1.165, 1.54) is 0 Å². The SMILES string of the molecule is CCC(C)N(C)CC(=O)c1ccc(I)cc1. The molecular weight excluding hydrogens is 313 g/mol. The number of benzene rings is 1. The molecule has 1 aromatic rings. The lowest BCUT2D eigenvalue weighted by atomic mass is 10.1. The predicted molar refractivity (Wildman–Crippen MR) is 75.9 cm³/mol. The predicted octanol–water partition coefficient (Wildman–Crippen LogP) is 3.20. The maximum absolute atomic E-state index is 11.9. The topological polar surface area (TPSA) is 20.3 Å². The van der Waals surface area contributed by atoms with Crippen LogP contribution in [-0.2, 0) is 0 Å². The van der Waals surface area contributed by atoms with Crippen molar-refractivity contribution in [3.05, 3.63) is 33.4 Å². The highest BCUT2D eigenvalue weighted by atomic mass is 127. The lowest BCUT2D eigenvalue weighted by molar-refractivity contribution is 0.0923. The summed E-state index contributed by atoms with van der Waals surface area (Å²) in [7, 11) is 2.00. The largest absolute Gasteiger partial charge is 0.296 e. The Kier molecular flexibility index (Phi) is 5.41. The highest BCUT2D eigenvalue weighted by Crippen LogP contribution is 2.09. The van der Waals surface area contributed by atoms with Crippen LogP contribution in [0.25, 0.3) is 0 Å². The van der Waals surface area contributed by atoms with Gasteiger partial charge in [-0.25, -0.2) is 0 Å². The average Bonchev–Trinajstić information content (AvgIpc) is 2.28. The molecule has 1 rings (SSSR count). The zero-order valence-corrected chi connectivity index (χ0v) is 12.2. The molecule has 88 valence electrons. The molecule has 0 aliphatic heterocycles. The Morgan fingerprint density at radius 3 is 2.44 bits per heavy atom. The fourth-order valence-corrected chi connectivity index (χ4v) is 1.78. The molecule has 0 aliphatic rings. The second-order valence-electron chi connectivity index (χ2n) is 4.10. The molecule has 0 aromatic heterocycles. The lowest BCUT2D eigenvalue weighted by Gasteiger charge is -2.22. The number of carbonyl (C=O) groups excluding carboxylic acids is 1. The summed E-state index contributed by atoms with van der Waals surface area (Å²) in [5.41, 5.74) is 0.801. The standard InChI is InChI=1S/C13H18INO/c1-4-10(2)15(3)9-13(16)11-5-7-12(14)8-6-11/h5-8,10H,4,9H2,1-3H3. The Balaban J connectivity index is 2.62. The summed E-state index contributed by atoms with van der Waals surface area (Å²) < 4.78 is 1.16. The molecule has 0 bridgehead atoms. The van der Waals surface area contributed by atoms with Crippen molar-refractivity contribution in [2.45, 2.75) is 26.3 Å². The minimum atomic E-state index is 0.194. The molecule has 2 nitrogen and oxygen atoms in total. The highest BCUT2D eigenvalue weighted by Gasteiger charge is 2.12. The number of likely N-dealkylation sites (N-methyl/N-ethyl adjacent to an activating group) is 1. The van der Waals surface area contributed by atoms with E-state index in [0.29, 0.717) is 12.6 Å². The van der Waals surface area contributed by atoms with Crippen LogP contribution in [0.1, 0.15) is 30.6 Å². The minimum absolute atomic E-state index is 0.194. The first-order valence-electron chi connectivity index (χ1n) is 5.53. The van der Waals surface area contributed by atoms with Crippen LogP contribution < -0.4 is 0 Å². The molecule has 0 saturated heterocycles. The molecule has 16 heavy (non-hydrogen) atoms. The van der Waals surface area contributed by atoms with E-state index in [4.69, 9.17) is 0 Å². The molecule has 0 N–H and O–H groups in total. The molecule has 0 aliphatic carbocycles. The Morgan fingerprint density at radius 2 is 1.94 bits per heavy atom. The van der Waals surface area contributed by atoms with Gasteiger partial charge in [-0.2, -0.15) is 0 Å². The third-order valence-corrected chi connectivity index (χ3v) is 3.62. The number of rotatable bonds is 5. The Hall–Kier alpha value is -0.420. The summed E-state index contributed by atoms with van der Waals surface area (Å²) >= 11 is 2.24. The quantitative estimate of drug-likeness (QED) is 0.610. The van der Waals surface area contributed by atoms with Crippen LogP contribution in [0.3, 0.4) is 0 Å². The molecule has 0 fully saturated rings. The van der Waals surface area contributed by atoms with Crippen molar-refractivity contribution in [1.82, 2.24) is 4.90 Å². The zero-order valence-electron chi connectivity index (χ0n) is 10.0. The Labute approximate surface area is 111 Å². The summed E-state index contributed by atoms with van der Waals surface area (Å²) in [5.74, 6) is 0.194. The molecule has 0 heterocycles. The van der Waals surface area contributed by atoms with Crippen molar-refractivity contribution in [2.75, 3.05) is 13.6 Å². The molecule has 0 spiro atoms. The van der Waals surface area contributed by atoms with Crippen LogP contribution in [0.2, 0.25) is 0 Å². The number of halogens is 1. The van der Waals surface area contributed by atoms with Crippen LogP contribution in [0.15, 0.2) is 24.3 Å². The van der Waals surface area contributed by atoms with Crippen LogP contribution in [0, 0.1) is 3.57 Å². The molecular formula is C13H18INO. The van der Waals surface area contributed by atoms with Gasteiger partial charge in [-0.3, -0.25) is 9.69 Å². The third-order valence-electron chi connectivity index (χ3n) is 2.90. The van der Waals surface area contributed by atoms with Gasteiger partial charge in [0.2, 0.25) is 0 Å². The van der Waals surface area contributed by atoms with Crippen LogP contribution in [0.5, 0.6) is 0 Å². The van der Waals surface area contributed by atoms with E-state index in [0.717, 1.165) is 15.6 Å². The number of hydrogen-bond donors (Lipinski definition) is 0. The summed E-state index contributed by atoms with van der Waals surface area (Å²) in [6, 6.07) is 8.19. The van der Waals surface area contributed by atoms with Crippen molar-refractivity contribution in [3.63, 3.8) is 0 Å². The maximum Gasteiger partial charge on any atom is 0.176 e. The number of nitrogens with zero attached hydrogens (tertiary/aromatic N) is 1. The van der Waals surface area contributed by atoms with Crippen molar-refractivity contribution >= 4 is 28.4 Å². The van der Waals surface area contributed by atoms with E-state index >= 15 is 0 Å². The lowest BCUT2D eigenvalue weighted by Crippen LogP contribution is -2.33. The van der Waals surface area contributed by atoms with Crippen molar-refractivity contribution < 1.29 is 4.79 Å². The number of ketones is 1. The molecule has 0 amide bonds. The number of carbonyl (C=O) groups is 1. The van der Waals surface area contributed by atoms with Crippen LogP contribution in [-0.4, -0.2) is 30.3 Å². The fourth-order valence-electron chi connectivity index (χ4n) is 1.42. The first-order chi connectivity index (χ1) is 7.54. The van der Waals surface area contributed by atoms with Gasteiger partial charge in [0.25, 0.3) is 0 Å². The smallest absolute Gasteiger partial charge is 0.176 e. The van der Waals surface area contributed by atoms with Crippen molar-refractivity contribution in [3.8, 4) is 0 Å². The zero-order chi connectivity index (χ0) is 12.1. The van der Waals surface area contributed by atoms with Gasteiger partial charge in [-0.1, -0.05) is 19.1 Å². The van der Waals surface area contributed by atoms with Gasteiger partial charge in [0.05, 0.1) is 6.54 Å². The maximum atomic E-state index is 11.9. The van der Waals surface area contributed by atoms with Gasteiger partial charge in [-0.15, -0.1) is 0 Å². The van der Waals surface area contributed by atoms with Gasteiger partial charge in [0.15, 0.2) is 5.78 Å². The van der Waals surface area contributed by atoms with E-state index in [1.54, 1.807) is 0 Å². The summed E-state index contributed by atoms with van der Waals surface area (Å²) in [4.78, 5) is 14.0. The van der Waals surface area contributed by atoms with Crippen molar-refractivity contribution in [1.29, 1.82) is 0 Å². The summed E-state index contributed by atoms with van der Waals surface area (Å²) in [6.45, 7) is 4.77. The minimum Gasteiger partial charge on any atom is -0.296 e. The van der Waals surface area contributed by atoms with Crippen LogP contribution >= 0.6 is 22.6 Å². The number of hydrogen-bond acceptors (Lipinski definition) is 2. The molecule has 0 saturated carbocycles. The molecule has 0 radical (unpaired) electrons. The normalized spacial score (nSPS) is 12.8. The third kappa shape index (κ3) is 3.87. The van der Waals surface area contributed by atoms with E-state index in [1.807, 2.05) is 31.3 Å². The summed E-state index contributed by atoms with van der Waals surface area (Å²) in [5, 5.41) is 0. The second kappa shape index (κ2) is 6.35. The Bertz CT molecular complexity index is 347. The van der Waals surface area contributed by atoms with E-state index < -0.39 is 0 Å². The fraction of sp³-hybridized carbons (Fsp3) is 0.462. The van der Waals surface area contributed by atoms with Gasteiger partial charge in [0.1, 0.15) is 0 Å². The average molecular weight is 331 g/mol. The summed E-state index contributed by atoms with van der Waals surface area (Å²) in [6.07, 6.45) is 1.07. The Morgan fingerprint density at radius 1 is 1.38 bits per heavy atom. The number of Topliss-reactive ketones (excluding diaryl/α,β-unsaturated/α-hetero) is 1. The van der Waals surface area contributed by atoms with Gasteiger partial charge >= 0.3 is 0 Å². The van der Waals surface area contributed by atoms with E-state index in [9.17, 15) is 4.79 Å². The molecule has 1 atom stereocenters. The van der Waals surface area contributed by atoms with Crippen molar-refractivity contribution in [2.24, 2.45) is 0 Å². The molecule has 1 aromatic carbocycles. The first kappa shape index (κ1) is 13.6. The monoisotopic (exact) mass is 331 g/mol. The second-order valence-corrected chi connectivity index (χ2v) is 5.35. The van der Waals surface area contributed by atoms with Gasteiger partial charge < -0.3 is 0 Å². The molecule has 1 unspecified atom stereocenters. The van der Waals surface area contributed by atoms with Gasteiger partial charge in [-0.05, 0) is 55.1 Å². The van der Waals surface area contributed by atoms with Gasteiger partial charge in [0, 0.05) is 15.2 Å². The van der Waals surface area contributed by atoms with E-state index in [2.05, 4.69) is 41.3 Å². The first-order valence-corrected chi connectivity index (χ1v) is 6.61. The van der Waals surface area contributed by atoms with Crippen LogP contribution in [0.4, 0.5) is 0 Å². The highest BCUT2D eigenvalue weighted by molar-refractivity contribution is 14.1.